The Morgan fingerprint density at radius 1 is 1.41 bits per heavy atom. The standard InChI is InChI=1S/C17H32N4O/c1-6-22-16-15(14(4)19-21(16)9-13(2)3)10-20-8-7-17(5,11-18)12-20/h13H,6-12,18H2,1-5H3. The van der Waals surface area contributed by atoms with E-state index in [1.165, 1.54) is 12.0 Å². The van der Waals surface area contributed by atoms with E-state index in [-0.39, 0.29) is 5.41 Å². The highest BCUT2D eigenvalue weighted by Crippen LogP contribution is 2.32. The largest absolute Gasteiger partial charge is 0.478 e. The van der Waals surface area contributed by atoms with E-state index in [0.717, 1.165) is 44.3 Å². The highest BCUT2D eigenvalue weighted by Gasteiger charge is 2.33. The van der Waals surface area contributed by atoms with Crippen molar-refractivity contribution < 1.29 is 4.74 Å². The van der Waals surface area contributed by atoms with Crippen LogP contribution in [0, 0.1) is 18.3 Å². The molecule has 1 atom stereocenters. The Hall–Kier alpha value is -1.07. The van der Waals surface area contributed by atoms with Gasteiger partial charge in [-0.1, -0.05) is 20.8 Å². The molecular weight excluding hydrogens is 276 g/mol. The molecule has 1 aliphatic heterocycles. The average molecular weight is 308 g/mol. The Morgan fingerprint density at radius 3 is 2.68 bits per heavy atom. The Morgan fingerprint density at radius 2 is 2.14 bits per heavy atom. The molecule has 0 spiro atoms. The molecule has 126 valence electrons. The second-order valence-corrected chi connectivity index (χ2v) is 7.35. The maximum atomic E-state index is 5.93. The van der Waals surface area contributed by atoms with Crippen LogP contribution in [0.2, 0.25) is 0 Å². The zero-order valence-electron chi connectivity index (χ0n) is 14.9. The Bertz CT molecular complexity index is 497. The van der Waals surface area contributed by atoms with Crippen LogP contribution >= 0.6 is 0 Å². The van der Waals surface area contributed by atoms with E-state index in [1.807, 2.05) is 11.6 Å². The van der Waals surface area contributed by atoms with Crippen molar-refractivity contribution in [1.29, 1.82) is 0 Å². The van der Waals surface area contributed by atoms with Gasteiger partial charge < -0.3 is 10.5 Å². The van der Waals surface area contributed by atoms with Gasteiger partial charge in [-0.25, -0.2) is 4.68 Å². The number of hydrogen-bond acceptors (Lipinski definition) is 4. The Labute approximate surface area is 134 Å². The lowest BCUT2D eigenvalue weighted by Crippen LogP contribution is -2.31. The number of nitrogens with zero attached hydrogens (tertiary/aromatic N) is 3. The summed E-state index contributed by atoms with van der Waals surface area (Å²) in [5, 5.41) is 4.71. The summed E-state index contributed by atoms with van der Waals surface area (Å²) in [6.45, 7) is 16.2. The van der Waals surface area contributed by atoms with Crippen LogP contribution < -0.4 is 10.5 Å². The number of rotatable bonds is 7. The van der Waals surface area contributed by atoms with Crippen molar-refractivity contribution in [3.8, 4) is 5.88 Å². The minimum Gasteiger partial charge on any atom is -0.478 e. The van der Waals surface area contributed by atoms with Crippen molar-refractivity contribution in [3.63, 3.8) is 0 Å². The van der Waals surface area contributed by atoms with Crippen LogP contribution in [0.3, 0.4) is 0 Å². The van der Waals surface area contributed by atoms with Crippen molar-refractivity contribution >= 4 is 0 Å². The van der Waals surface area contributed by atoms with Gasteiger partial charge in [-0.3, -0.25) is 4.90 Å². The van der Waals surface area contributed by atoms with E-state index >= 15 is 0 Å². The number of nitrogens with two attached hydrogens (primary N) is 1. The predicted molar refractivity (Wildman–Crippen MR) is 90.0 cm³/mol. The second-order valence-electron chi connectivity index (χ2n) is 7.35. The molecule has 5 nitrogen and oxygen atoms in total. The number of hydrogen-bond donors (Lipinski definition) is 1. The van der Waals surface area contributed by atoms with E-state index < -0.39 is 0 Å². The molecule has 0 aliphatic carbocycles. The van der Waals surface area contributed by atoms with Gasteiger partial charge in [-0.05, 0) is 44.7 Å². The molecule has 2 N–H and O–H groups in total. The first-order valence-electron chi connectivity index (χ1n) is 8.50. The van der Waals surface area contributed by atoms with Crippen molar-refractivity contribution in [2.24, 2.45) is 17.1 Å². The molecule has 0 aromatic carbocycles. The molecule has 1 unspecified atom stereocenters. The van der Waals surface area contributed by atoms with Crippen LogP contribution in [0.4, 0.5) is 0 Å². The summed E-state index contributed by atoms with van der Waals surface area (Å²) in [7, 11) is 0. The highest BCUT2D eigenvalue weighted by atomic mass is 16.5. The van der Waals surface area contributed by atoms with E-state index in [2.05, 4.69) is 32.6 Å². The zero-order valence-corrected chi connectivity index (χ0v) is 14.9. The normalized spacial score (nSPS) is 22.7. The first-order chi connectivity index (χ1) is 10.4. The van der Waals surface area contributed by atoms with E-state index in [0.29, 0.717) is 12.5 Å². The minimum absolute atomic E-state index is 0.258. The van der Waals surface area contributed by atoms with Gasteiger partial charge in [0, 0.05) is 19.6 Å². The first kappa shape index (κ1) is 17.3. The summed E-state index contributed by atoms with van der Waals surface area (Å²) < 4.78 is 7.97. The van der Waals surface area contributed by atoms with E-state index in [1.54, 1.807) is 0 Å². The Kier molecular flexibility index (Phi) is 5.50. The van der Waals surface area contributed by atoms with Gasteiger partial charge >= 0.3 is 0 Å². The Balaban J connectivity index is 2.18. The molecule has 1 saturated heterocycles. The summed E-state index contributed by atoms with van der Waals surface area (Å²) in [6, 6.07) is 0. The van der Waals surface area contributed by atoms with Gasteiger partial charge in [0.1, 0.15) is 0 Å². The maximum Gasteiger partial charge on any atom is 0.216 e. The molecule has 5 heteroatoms. The van der Waals surface area contributed by atoms with Crippen LogP contribution in [0.15, 0.2) is 0 Å². The number of aryl methyl sites for hydroxylation is 1. The van der Waals surface area contributed by atoms with Gasteiger partial charge in [0.15, 0.2) is 0 Å². The van der Waals surface area contributed by atoms with Gasteiger partial charge in [0.25, 0.3) is 0 Å². The third-order valence-electron chi connectivity index (χ3n) is 4.53. The average Bonchev–Trinajstić information content (AvgIpc) is 2.95. The molecular formula is C17H32N4O. The van der Waals surface area contributed by atoms with Gasteiger partial charge in [0.05, 0.1) is 17.9 Å². The SMILES string of the molecule is CCOc1c(CN2CCC(C)(CN)C2)c(C)nn1CC(C)C. The third-order valence-corrected chi connectivity index (χ3v) is 4.53. The van der Waals surface area contributed by atoms with Gasteiger partial charge in [-0.15, -0.1) is 0 Å². The fraction of sp³-hybridized carbons (Fsp3) is 0.824. The van der Waals surface area contributed by atoms with Gasteiger partial charge in [-0.2, -0.15) is 5.10 Å². The smallest absolute Gasteiger partial charge is 0.216 e. The monoisotopic (exact) mass is 308 g/mol. The fourth-order valence-corrected chi connectivity index (χ4v) is 3.20. The van der Waals surface area contributed by atoms with Crippen molar-refractivity contribution in [1.82, 2.24) is 14.7 Å². The first-order valence-corrected chi connectivity index (χ1v) is 8.50. The van der Waals surface area contributed by atoms with Crippen molar-refractivity contribution in [2.45, 2.75) is 54.1 Å². The summed E-state index contributed by atoms with van der Waals surface area (Å²) >= 11 is 0. The van der Waals surface area contributed by atoms with E-state index in [9.17, 15) is 0 Å². The third kappa shape index (κ3) is 3.82. The molecule has 22 heavy (non-hydrogen) atoms. The summed E-state index contributed by atoms with van der Waals surface area (Å²) in [5.74, 6) is 1.51. The van der Waals surface area contributed by atoms with Crippen molar-refractivity contribution in [2.75, 3.05) is 26.2 Å². The second kappa shape index (κ2) is 7.01. The predicted octanol–water partition coefficient (Wildman–Crippen LogP) is 2.42. The molecule has 0 amide bonds. The number of ether oxygens (including phenoxy) is 1. The van der Waals surface area contributed by atoms with Crippen LogP contribution in [-0.2, 0) is 13.1 Å². The summed E-state index contributed by atoms with van der Waals surface area (Å²) in [5.41, 5.74) is 8.51. The number of likely N-dealkylation sites (tertiary alicyclic amines) is 1. The molecule has 2 heterocycles. The maximum absolute atomic E-state index is 5.93. The molecule has 1 fully saturated rings. The van der Waals surface area contributed by atoms with Crippen molar-refractivity contribution in [3.05, 3.63) is 11.3 Å². The van der Waals surface area contributed by atoms with Crippen LogP contribution in [-0.4, -0.2) is 40.9 Å². The summed E-state index contributed by atoms with van der Waals surface area (Å²) in [6.07, 6.45) is 1.17. The van der Waals surface area contributed by atoms with Crippen LogP contribution in [0.1, 0.15) is 45.4 Å². The van der Waals surface area contributed by atoms with Crippen LogP contribution in [0.25, 0.3) is 0 Å². The lowest BCUT2D eigenvalue weighted by Gasteiger charge is -2.22. The van der Waals surface area contributed by atoms with Crippen LogP contribution in [0.5, 0.6) is 5.88 Å². The quantitative estimate of drug-likeness (QED) is 0.840. The van der Waals surface area contributed by atoms with E-state index in [4.69, 9.17) is 15.6 Å². The molecule has 1 aromatic rings. The lowest BCUT2D eigenvalue weighted by atomic mass is 9.90. The molecule has 0 bridgehead atoms. The molecule has 1 aliphatic rings. The lowest BCUT2D eigenvalue weighted by molar-refractivity contribution is 0.258. The minimum atomic E-state index is 0.258. The topological polar surface area (TPSA) is 56.3 Å². The summed E-state index contributed by atoms with van der Waals surface area (Å²) in [4.78, 5) is 2.49. The zero-order chi connectivity index (χ0) is 16.3. The molecule has 1 aromatic heterocycles. The number of aromatic nitrogens is 2. The molecule has 2 rings (SSSR count). The molecule has 0 saturated carbocycles. The highest BCUT2D eigenvalue weighted by molar-refractivity contribution is 5.31. The fourth-order valence-electron chi connectivity index (χ4n) is 3.20. The van der Waals surface area contributed by atoms with Gasteiger partial charge in [0.2, 0.25) is 5.88 Å². The molecule has 0 radical (unpaired) electrons.